The van der Waals surface area contributed by atoms with Gasteiger partial charge in [0.05, 0.1) is 0 Å². The number of anilines is 1. The molecule has 0 aromatic heterocycles. The van der Waals surface area contributed by atoms with Crippen LogP contribution in [-0.2, 0) is 11.2 Å². The molecule has 2 amide bonds. The van der Waals surface area contributed by atoms with E-state index < -0.39 is 23.3 Å². The minimum atomic E-state index is -1.13. The molecule has 0 heterocycles. The Labute approximate surface area is 141 Å². The quantitative estimate of drug-likeness (QED) is 0.714. The summed E-state index contributed by atoms with van der Waals surface area (Å²) in [7, 11) is 0. The highest BCUT2D eigenvalue weighted by atomic mass is 16.6. The highest BCUT2D eigenvalue weighted by Crippen LogP contribution is 2.20. The van der Waals surface area contributed by atoms with Crippen molar-refractivity contribution >= 4 is 24.2 Å². The second-order valence-corrected chi connectivity index (χ2v) is 7.15. The number of hydrogen-bond acceptors (Lipinski definition) is 4. The Morgan fingerprint density at radius 1 is 1.21 bits per heavy atom. The van der Waals surface area contributed by atoms with Gasteiger partial charge in [0, 0.05) is 16.8 Å². The Hall–Kier alpha value is -2.57. The summed E-state index contributed by atoms with van der Waals surface area (Å²) in [5.74, 6) is 0. The smallest absolute Gasteiger partial charge is 0.412 e. The number of amides is 2. The molecule has 0 aliphatic rings. The minimum Gasteiger partial charge on any atom is -0.465 e. The lowest BCUT2D eigenvalue weighted by Gasteiger charge is -2.25. The predicted octanol–water partition coefficient (Wildman–Crippen LogP) is 3.43. The Morgan fingerprint density at radius 2 is 1.83 bits per heavy atom. The highest BCUT2D eigenvalue weighted by molar-refractivity contribution is 5.87. The lowest BCUT2D eigenvalue weighted by Crippen LogP contribution is -2.44. The zero-order valence-electron chi connectivity index (χ0n) is 14.6. The Balaban J connectivity index is 2.91. The Kier molecular flexibility index (Phi) is 5.95. The van der Waals surface area contributed by atoms with E-state index in [1.165, 1.54) is 6.07 Å². The van der Waals surface area contributed by atoms with Crippen molar-refractivity contribution in [3.8, 4) is 0 Å². The largest absolute Gasteiger partial charge is 0.465 e. The molecule has 1 aromatic rings. The Bertz CT molecular complexity index is 632. The molecule has 0 aliphatic heterocycles. The summed E-state index contributed by atoms with van der Waals surface area (Å²) < 4.78 is 5.16. The highest BCUT2D eigenvalue weighted by Gasteiger charge is 2.22. The summed E-state index contributed by atoms with van der Waals surface area (Å²) >= 11 is 0. The number of rotatable bonds is 5. The van der Waals surface area contributed by atoms with Crippen LogP contribution < -0.4 is 10.6 Å². The first-order chi connectivity index (χ1) is 10.9. The zero-order valence-corrected chi connectivity index (χ0v) is 14.6. The number of carbonyl (C=O) groups is 3. The van der Waals surface area contributed by atoms with Crippen LogP contribution in [0.1, 0.15) is 50.5 Å². The number of aldehydes is 1. The van der Waals surface area contributed by atoms with E-state index in [4.69, 9.17) is 9.84 Å². The van der Waals surface area contributed by atoms with Crippen molar-refractivity contribution in [3.05, 3.63) is 29.3 Å². The summed E-state index contributed by atoms with van der Waals surface area (Å²) in [6, 6.07) is 4.86. The van der Waals surface area contributed by atoms with Crippen molar-refractivity contribution in [2.45, 2.75) is 52.2 Å². The third-order valence-corrected chi connectivity index (χ3v) is 3.00. The molecule has 0 radical (unpaired) electrons. The maximum absolute atomic E-state index is 11.8. The van der Waals surface area contributed by atoms with Crippen LogP contribution in [0.2, 0.25) is 0 Å². The van der Waals surface area contributed by atoms with Gasteiger partial charge in [0.25, 0.3) is 0 Å². The van der Waals surface area contributed by atoms with Crippen molar-refractivity contribution in [1.82, 2.24) is 5.32 Å². The molecule has 1 rings (SSSR count). The molecule has 0 saturated carbocycles. The van der Waals surface area contributed by atoms with Gasteiger partial charge in [0.2, 0.25) is 0 Å². The van der Waals surface area contributed by atoms with E-state index in [-0.39, 0.29) is 0 Å². The summed E-state index contributed by atoms with van der Waals surface area (Å²) in [6.45, 7) is 8.71. The lowest BCUT2D eigenvalue weighted by molar-refractivity contribution is 0.0635. The number of carbonyl (C=O) groups excluding carboxylic acids is 2. The number of nitrogens with one attached hydrogen (secondary N) is 2. The second kappa shape index (κ2) is 7.33. The van der Waals surface area contributed by atoms with E-state index in [2.05, 4.69) is 10.6 Å². The van der Waals surface area contributed by atoms with Crippen LogP contribution in [-0.4, -0.2) is 34.7 Å². The maximum Gasteiger partial charge on any atom is 0.412 e. The molecule has 7 nitrogen and oxygen atoms in total. The van der Waals surface area contributed by atoms with Crippen LogP contribution in [0.25, 0.3) is 0 Å². The number of benzene rings is 1. The van der Waals surface area contributed by atoms with E-state index in [0.717, 1.165) is 0 Å². The first-order valence-electron chi connectivity index (χ1n) is 7.51. The molecular weight excluding hydrogens is 312 g/mol. The molecule has 0 unspecified atom stereocenters. The molecular formula is C17H24N2O5. The fraction of sp³-hybridized carbons (Fsp3) is 0.471. The number of carboxylic acid groups (broad SMARTS) is 1. The molecule has 24 heavy (non-hydrogen) atoms. The molecule has 0 aliphatic carbocycles. The van der Waals surface area contributed by atoms with Crippen molar-refractivity contribution in [3.63, 3.8) is 0 Å². The van der Waals surface area contributed by atoms with E-state index >= 15 is 0 Å². The standard InChI is InChI=1S/C17H24N2O5/c1-16(2,3)24-15(23)18-13-7-6-11(12(8-13)10-20)9-17(4,5)19-14(21)22/h6-8,10,19H,9H2,1-5H3,(H,18,23)(H,21,22). The van der Waals surface area contributed by atoms with E-state index in [0.29, 0.717) is 29.5 Å². The second-order valence-electron chi connectivity index (χ2n) is 7.15. The topological polar surface area (TPSA) is 105 Å². The summed E-state index contributed by atoms with van der Waals surface area (Å²) in [5, 5.41) is 13.8. The summed E-state index contributed by atoms with van der Waals surface area (Å²) in [4.78, 5) is 33.9. The lowest BCUT2D eigenvalue weighted by atomic mass is 9.92. The first kappa shape index (κ1) is 19.5. The van der Waals surface area contributed by atoms with Gasteiger partial charge in [-0.15, -0.1) is 0 Å². The molecule has 0 atom stereocenters. The molecule has 3 N–H and O–H groups in total. The van der Waals surface area contributed by atoms with Gasteiger partial charge in [0.15, 0.2) is 0 Å². The molecule has 132 valence electrons. The van der Waals surface area contributed by atoms with Crippen LogP contribution in [0.5, 0.6) is 0 Å². The average Bonchev–Trinajstić information content (AvgIpc) is 2.36. The van der Waals surface area contributed by atoms with Crippen molar-refractivity contribution in [2.75, 3.05) is 5.32 Å². The summed E-state index contributed by atoms with van der Waals surface area (Å²) in [5.41, 5.74) is 0.134. The van der Waals surface area contributed by atoms with Gasteiger partial charge >= 0.3 is 12.2 Å². The monoisotopic (exact) mass is 336 g/mol. The third-order valence-electron chi connectivity index (χ3n) is 3.00. The van der Waals surface area contributed by atoms with Gasteiger partial charge < -0.3 is 15.2 Å². The van der Waals surface area contributed by atoms with E-state index in [9.17, 15) is 14.4 Å². The van der Waals surface area contributed by atoms with Crippen LogP contribution in [0.15, 0.2) is 18.2 Å². The Morgan fingerprint density at radius 3 is 2.33 bits per heavy atom. The average molecular weight is 336 g/mol. The van der Waals surface area contributed by atoms with Crippen molar-refractivity contribution in [1.29, 1.82) is 0 Å². The number of ether oxygens (including phenoxy) is 1. The fourth-order valence-corrected chi connectivity index (χ4v) is 2.17. The van der Waals surface area contributed by atoms with Crippen LogP contribution in [0.3, 0.4) is 0 Å². The maximum atomic E-state index is 11.8. The third kappa shape index (κ3) is 6.68. The van der Waals surface area contributed by atoms with Gasteiger partial charge in [-0.1, -0.05) is 6.07 Å². The molecule has 7 heteroatoms. The minimum absolute atomic E-state index is 0.333. The zero-order chi connectivity index (χ0) is 18.5. The number of hydrogen-bond donors (Lipinski definition) is 3. The normalized spacial score (nSPS) is 11.5. The van der Waals surface area contributed by atoms with E-state index in [1.54, 1.807) is 46.8 Å². The first-order valence-corrected chi connectivity index (χ1v) is 7.51. The van der Waals surface area contributed by atoms with Gasteiger partial charge in [0.1, 0.15) is 11.9 Å². The summed E-state index contributed by atoms with van der Waals surface area (Å²) in [6.07, 6.45) is -0.733. The van der Waals surface area contributed by atoms with Crippen LogP contribution in [0.4, 0.5) is 15.3 Å². The predicted molar refractivity (Wildman–Crippen MR) is 90.6 cm³/mol. The van der Waals surface area contributed by atoms with E-state index in [1.807, 2.05) is 0 Å². The van der Waals surface area contributed by atoms with Gasteiger partial charge in [-0.3, -0.25) is 10.1 Å². The van der Waals surface area contributed by atoms with Gasteiger partial charge in [-0.05, 0) is 58.7 Å². The molecule has 0 fully saturated rings. The van der Waals surface area contributed by atoms with Crippen LogP contribution >= 0.6 is 0 Å². The van der Waals surface area contributed by atoms with Crippen molar-refractivity contribution < 1.29 is 24.2 Å². The molecule has 0 bridgehead atoms. The molecule has 1 aromatic carbocycles. The fourth-order valence-electron chi connectivity index (χ4n) is 2.17. The molecule has 0 saturated heterocycles. The van der Waals surface area contributed by atoms with Crippen molar-refractivity contribution in [2.24, 2.45) is 0 Å². The van der Waals surface area contributed by atoms with Gasteiger partial charge in [-0.25, -0.2) is 9.59 Å². The van der Waals surface area contributed by atoms with Crippen LogP contribution in [0, 0.1) is 0 Å². The van der Waals surface area contributed by atoms with Gasteiger partial charge in [-0.2, -0.15) is 0 Å². The SMILES string of the molecule is CC(C)(Cc1ccc(NC(=O)OC(C)(C)C)cc1C=O)NC(=O)O. The molecule has 0 spiro atoms.